The summed E-state index contributed by atoms with van der Waals surface area (Å²) in [5.74, 6) is -0.0861. The molecule has 1 amide bonds. The number of hydrogen-bond acceptors (Lipinski definition) is 6. The molecule has 2 aromatic rings. The quantitative estimate of drug-likeness (QED) is 0.808. The number of nitrogens with zero attached hydrogens (tertiary/aromatic N) is 2. The third kappa shape index (κ3) is 4.87. The minimum Gasteiger partial charge on any atom is -0.355 e. The third-order valence-corrected chi connectivity index (χ3v) is 7.49. The Bertz CT molecular complexity index is 807. The highest BCUT2D eigenvalue weighted by molar-refractivity contribution is 7.88. The number of piperidine rings is 1. The maximum absolute atomic E-state index is 12.2. The SMILES string of the molecule is CS(=O)(=O)N1CCC(C(=O)NCCc2csc(-c3cccs3)n2)CC1. The Morgan fingerprint density at radius 1 is 1.36 bits per heavy atom. The lowest BCUT2D eigenvalue weighted by atomic mass is 9.97. The summed E-state index contributed by atoms with van der Waals surface area (Å²) in [4.78, 5) is 18.0. The van der Waals surface area contributed by atoms with Crippen molar-refractivity contribution in [1.29, 1.82) is 0 Å². The Balaban J connectivity index is 1.43. The fraction of sp³-hybridized carbons (Fsp3) is 0.500. The number of amides is 1. The van der Waals surface area contributed by atoms with E-state index in [-0.39, 0.29) is 11.8 Å². The molecule has 0 aliphatic carbocycles. The summed E-state index contributed by atoms with van der Waals surface area (Å²) in [5, 5.41) is 8.04. The van der Waals surface area contributed by atoms with Crippen molar-refractivity contribution in [2.24, 2.45) is 5.92 Å². The van der Waals surface area contributed by atoms with Gasteiger partial charge >= 0.3 is 0 Å². The molecule has 0 atom stereocenters. The van der Waals surface area contributed by atoms with Crippen LogP contribution < -0.4 is 5.32 Å². The van der Waals surface area contributed by atoms with E-state index in [1.807, 2.05) is 16.8 Å². The highest BCUT2D eigenvalue weighted by Crippen LogP contribution is 2.27. The minimum atomic E-state index is -3.15. The van der Waals surface area contributed by atoms with Crippen LogP contribution in [0, 0.1) is 5.92 Å². The molecule has 136 valence electrons. The van der Waals surface area contributed by atoms with E-state index >= 15 is 0 Å². The highest BCUT2D eigenvalue weighted by Gasteiger charge is 2.28. The van der Waals surface area contributed by atoms with Gasteiger partial charge in [0.1, 0.15) is 5.01 Å². The van der Waals surface area contributed by atoms with Crippen molar-refractivity contribution in [1.82, 2.24) is 14.6 Å². The number of rotatable bonds is 6. The second kappa shape index (κ2) is 7.94. The van der Waals surface area contributed by atoms with Crippen LogP contribution in [0.2, 0.25) is 0 Å². The Labute approximate surface area is 155 Å². The first-order valence-electron chi connectivity index (χ1n) is 8.14. The molecule has 0 saturated carbocycles. The van der Waals surface area contributed by atoms with Gasteiger partial charge in [0.05, 0.1) is 16.8 Å². The van der Waals surface area contributed by atoms with Gasteiger partial charge in [0.25, 0.3) is 0 Å². The normalized spacial score (nSPS) is 16.8. The summed E-state index contributed by atoms with van der Waals surface area (Å²) in [6.45, 7) is 1.40. The standard InChI is InChI=1S/C16H21N3O3S3/c1-25(21,22)19-8-5-12(6-9-19)15(20)17-7-4-13-11-24-16(18-13)14-3-2-10-23-14/h2-3,10-12H,4-9H2,1H3,(H,17,20). The van der Waals surface area contributed by atoms with Crippen LogP contribution in [0.3, 0.4) is 0 Å². The average Bonchev–Trinajstić information content (AvgIpc) is 3.25. The molecular formula is C16H21N3O3S3. The number of hydrogen-bond donors (Lipinski definition) is 1. The first-order valence-corrected chi connectivity index (χ1v) is 11.8. The molecule has 1 N–H and O–H groups in total. The minimum absolute atomic E-state index is 0.0156. The lowest BCUT2D eigenvalue weighted by molar-refractivity contribution is -0.126. The summed E-state index contributed by atoms with van der Waals surface area (Å²) in [6, 6.07) is 4.06. The van der Waals surface area contributed by atoms with Gasteiger partial charge in [-0.15, -0.1) is 22.7 Å². The van der Waals surface area contributed by atoms with Gasteiger partial charge in [0.2, 0.25) is 15.9 Å². The molecule has 2 aromatic heterocycles. The largest absolute Gasteiger partial charge is 0.355 e. The van der Waals surface area contributed by atoms with Crippen LogP contribution in [0.25, 0.3) is 9.88 Å². The Morgan fingerprint density at radius 3 is 2.76 bits per heavy atom. The smallest absolute Gasteiger partial charge is 0.223 e. The van der Waals surface area contributed by atoms with Crippen LogP contribution in [-0.4, -0.2) is 49.5 Å². The number of carbonyl (C=O) groups excluding carboxylic acids is 1. The van der Waals surface area contributed by atoms with Gasteiger partial charge in [0, 0.05) is 37.4 Å². The van der Waals surface area contributed by atoms with Crippen molar-refractivity contribution < 1.29 is 13.2 Å². The van der Waals surface area contributed by atoms with E-state index in [1.165, 1.54) is 10.6 Å². The number of nitrogens with one attached hydrogen (secondary N) is 1. The molecule has 25 heavy (non-hydrogen) atoms. The summed E-state index contributed by atoms with van der Waals surface area (Å²) < 4.78 is 24.4. The van der Waals surface area contributed by atoms with Crippen molar-refractivity contribution in [2.45, 2.75) is 19.3 Å². The summed E-state index contributed by atoms with van der Waals surface area (Å²) in [5.41, 5.74) is 0.987. The second-order valence-corrected chi connectivity index (χ2v) is 9.89. The molecule has 6 nitrogen and oxygen atoms in total. The summed E-state index contributed by atoms with van der Waals surface area (Å²) in [7, 11) is -3.15. The summed E-state index contributed by atoms with van der Waals surface area (Å²) >= 11 is 3.29. The van der Waals surface area contributed by atoms with Gasteiger partial charge in [-0.1, -0.05) is 6.07 Å². The number of sulfonamides is 1. The molecule has 3 rings (SSSR count). The Morgan fingerprint density at radius 2 is 2.12 bits per heavy atom. The monoisotopic (exact) mass is 399 g/mol. The zero-order valence-corrected chi connectivity index (χ0v) is 16.4. The lowest BCUT2D eigenvalue weighted by Gasteiger charge is -2.29. The number of aromatic nitrogens is 1. The molecule has 0 bridgehead atoms. The molecule has 1 saturated heterocycles. The van der Waals surface area contributed by atoms with Gasteiger partial charge in [-0.3, -0.25) is 4.79 Å². The predicted octanol–water partition coefficient (Wildman–Crippen LogP) is 2.20. The Kier molecular flexibility index (Phi) is 5.88. The molecule has 0 radical (unpaired) electrons. The number of thiophene rings is 1. The first-order chi connectivity index (χ1) is 11.9. The third-order valence-electron chi connectivity index (χ3n) is 4.26. The van der Waals surface area contributed by atoms with Crippen molar-refractivity contribution in [3.8, 4) is 9.88 Å². The Hall–Kier alpha value is -1.29. The summed E-state index contributed by atoms with van der Waals surface area (Å²) in [6.07, 6.45) is 3.08. The molecule has 1 aliphatic heterocycles. The van der Waals surface area contributed by atoms with Gasteiger partial charge in [-0.05, 0) is 24.3 Å². The van der Waals surface area contributed by atoms with E-state index in [2.05, 4.69) is 16.4 Å². The highest BCUT2D eigenvalue weighted by atomic mass is 32.2. The maximum atomic E-state index is 12.2. The zero-order chi connectivity index (χ0) is 17.9. The fourth-order valence-electron chi connectivity index (χ4n) is 2.84. The van der Waals surface area contributed by atoms with Crippen LogP contribution >= 0.6 is 22.7 Å². The van der Waals surface area contributed by atoms with Crippen molar-refractivity contribution in [3.05, 3.63) is 28.6 Å². The first kappa shape index (κ1) is 18.5. The molecule has 0 aromatic carbocycles. The molecule has 3 heterocycles. The van der Waals surface area contributed by atoms with E-state index in [4.69, 9.17) is 0 Å². The molecule has 1 fully saturated rings. The molecule has 9 heteroatoms. The molecular weight excluding hydrogens is 378 g/mol. The number of thiazole rings is 1. The van der Waals surface area contributed by atoms with Gasteiger partial charge in [0.15, 0.2) is 0 Å². The van der Waals surface area contributed by atoms with Crippen molar-refractivity contribution >= 4 is 38.6 Å². The number of carbonyl (C=O) groups is 1. The molecule has 0 unspecified atom stereocenters. The fourth-order valence-corrected chi connectivity index (χ4v) is 5.39. The van der Waals surface area contributed by atoms with Crippen molar-refractivity contribution in [2.75, 3.05) is 25.9 Å². The van der Waals surface area contributed by atoms with Crippen molar-refractivity contribution in [3.63, 3.8) is 0 Å². The lowest BCUT2D eigenvalue weighted by Crippen LogP contribution is -2.42. The average molecular weight is 400 g/mol. The predicted molar refractivity (Wildman–Crippen MR) is 101 cm³/mol. The van der Waals surface area contributed by atoms with E-state index < -0.39 is 10.0 Å². The molecule has 1 aliphatic rings. The van der Waals surface area contributed by atoms with E-state index in [9.17, 15) is 13.2 Å². The topological polar surface area (TPSA) is 79.4 Å². The maximum Gasteiger partial charge on any atom is 0.223 e. The van der Waals surface area contributed by atoms with Crippen LogP contribution in [0.1, 0.15) is 18.5 Å². The van der Waals surface area contributed by atoms with E-state index in [1.54, 1.807) is 22.7 Å². The van der Waals surface area contributed by atoms with Gasteiger partial charge in [-0.25, -0.2) is 17.7 Å². The van der Waals surface area contributed by atoms with Gasteiger partial charge < -0.3 is 5.32 Å². The van der Waals surface area contributed by atoms with E-state index in [0.717, 1.165) is 15.6 Å². The van der Waals surface area contributed by atoms with Crippen LogP contribution in [0.5, 0.6) is 0 Å². The zero-order valence-electron chi connectivity index (χ0n) is 14.0. The molecule has 0 spiro atoms. The van der Waals surface area contributed by atoms with Crippen LogP contribution in [0.4, 0.5) is 0 Å². The second-order valence-electron chi connectivity index (χ2n) is 6.10. The van der Waals surface area contributed by atoms with Crippen LogP contribution in [-0.2, 0) is 21.2 Å². The van der Waals surface area contributed by atoms with Gasteiger partial charge in [-0.2, -0.15) is 0 Å². The van der Waals surface area contributed by atoms with Crippen LogP contribution in [0.15, 0.2) is 22.9 Å². The van der Waals surface area contributed by atoms with E-state index in [0.29, 0.717) is 38.9 Å².